The Hall–Kier alpha value is -0.780. The van der Waals surface area contributed by atoms with Crippen LogP contribution in [0.2, 0.25) is 0 Å². The van der Waals surface area contributed by atoms with Crippen molar-refractivity contribution >= 4 is 29.9 Å². The first-order valence-electron chi connectivity index (χ1n) is 5.26. The second-order valence-corrected chi connectivity index (χ2v) is 4.06. The fraction of sp³-hybridized carbons (Fsp3) is 0.417. The number of rotatable bonds is 2. The zero-order valence-electron chi connectivity index (χ0n) is 9.60. The normalized spacial score (nSPS) is 23.5. The number of hydrogen-bond donors (Lipinski definition) is 2. The molecule has 16 heavy (non-hydrogen) atoms. The van der Waals surface area contributed by atoms with E-state index in [0.717, 1.165) is 6.42 Å². The molecule has 2 rings (SSSR count). The molecule has 0 heterocycles. The minimum Gasteiger partial charge on any atom is -0.370 e. The summed E-state index contributed by atoms with van der Waals surface area (Å²) in [5, 5.41) is 3.21. The Kier molecular flexibility index (Phi) is 4.58. The van der Waals surface area contributed by atoms with Gasteiger partial charge in [-0.25, -0.2) is 0 Å². The number of guanidine groups is 1. The third-order valence-corrected chi connectivity index (χ3v) is 2.95. The Morgan fingerprint density at radius 2 is 2.12 bits per heavy atom. The van der Waals surface area contributed by atoms with E-state index in [1.54, 1.807) is 7.05 Å². The van der Waals surface area contributed by atoms with Crippen LogP contribution in [-0.4, -0.2) is 19.0 Å². The third kappa shape index (κ3) is 2.87. The molecule has 1 aromatic carbocycles. The molecule has 0 aliphatic heterocycles. The SMILES string of the molecule is CN=C(N)NC1CC1c1ccccc1C.I. The quantitative estimate of drug-likeness (QED) is 0.495. The molecule has 3 N–H and O–H groups in total. The van der Waals surface area contributed by atoms with Gasteiger partial charge in [0.15, 0.2) is 5.96 Å². The molecule has 1 saturated carbocycles. The highest BCUT2D eigenvalue weighted by atomic mass is 127. The van der Waals surface area contributed by atoms with Gasteiger partial charge in [-0.15, -0.1) is 24.0 Å². The lowest BCUT2D eigenvalue weighted by Gasteiger charge is -2.06. The average molecular weight is 331 g/mol. The van der Waals surface area contributed by atoms with Crippen LogP contribution in [-0.2, 0) is 0 Å². The Bertz CT molecular complexity index is 390. The first-order chi connectivity index (χ1) is 7.22. The molecule has 1 aromatic rings. The fourth-order valence-electron chi connectivity index (χ4n) is 1.96. The summed E-state index contributed by atoms with van der Waals surface area (Å²) >= 11 is 0. The maximum atomic E-state index is 5.63. The van der Waals surface area contributed by atoms with Crippen molar-refractivity contribution in [3.63, 3.8) is 0 Å². The lowest BCUT2D eigenvalue weighted by Crippen LogP contribution is -2.33. The van der Waals surface area contributed by atoms with Gasteiger partial charge in [0.05, 0.1) is 0 Å². The lowest BCUT2D eigenvalue weighted by molar-refractivity contribution is 0.854. The van der Waals surface area contributed by atoms with Crippen LogP contribution < -0.4 is 11.1 Å². The number of nitrogens with one attached hydrogen (secondary N) is 1. The van der Waals surface area contributed by atoms with Gasteiger partial charge in [0.25, 0.3) is 0 Å². The molecule has 1 aliphatic carbocycles. The van der Waals surface area contributed by atoms with Gasteiger partial charge in [-0.2, -0.15) is 0 Å². The Morgan fingerprint density at radius 3 is 2.75 bits per heavy atom. The summed E-state index contributed by atoms with van der Waals surface area (Å²) < 4.78 is 0. The molecule has 0 bridgehead atoms. The van der Waals surface area contributed by atoms with Crippen molar-refractivity contribution in [2.45, 2.75) is 25.3 Å². The minimum atomic E-state index is 0. The van der Waals surface area contributed by atoms with Crippen molar-refractivity contribution in [2.75, 3.05) is 7.05 Å². The molecule has 0 saturated heterocycles. The molecule has 0 spiro atoms. The van der Waals surface area contributed by atoms with Gasteiger partial charge < -0.3 is 11.1 Å². The number of hydrogen-bond acceptors (Lipinski definition) is 1. The van der Waals surface area contributed by atoms with Crippen molar-refractivity contribution in [1.29, 1.82) is 0 Å². The molecule has 0 aromatic heterocycles. The van der Waals surface area contributed by atoms with Gasteiger partial charge in [0.2, 0.25) is 0 Å². The smallest absolute Gasteiger partial charge is 0.188 e. The molecule has 0 radical (unpaired) electrons. The molecule has 1 aliphatic rings. The van der Waals surface area contributed by atoms with Crippen molar-refractivity contribution in [3.05, 3.63) is 35.4 Å². The van der Waals surface area contributed by atoms with Crippen molar-refractivity contribution in [3.8, 4) is 0 Å². The van der Waals surface area contributed by atoms with E-state index in [-0.39, 0.29) is 24.0 Å². The highest BCUT2D eigenvalue weighted by molar-refractivity contribution is 14.0. The van der Waals surface area contributed by atoms with Crippen LogP contribution in [0.25, 0.3) is 0 Å². The predicted molar refractivity (Wildman–Crippen MR) is 78.4 cm³/mol. The van der Waals surface area contributed by atoms with Gasteiger partial charge in [-0.3, -0.25) is 4.99 Å². The zero-order valence-corrected chi connectivity index (χ0v) is 11.9. The summed E-state index contributed by atoms with van der Waals surface area (Å²) in [5.41, 5.74) is 8.42. The summed E-state index contributed by atoms with van der Waals surface area (Å²) in [4.78, 5) is 3.90. The van der Waals surface area contributed by atoms with E-state index in [9.17, 15) is 0 Å². The number of benzene rings is 1. The average Bonchev–Trinajstić information content (AvgIpc) is 2.97. The van der Waals surface area contributed by atoms with Crippen LogP contribution in [0.3, 0.4) is 0 Å². The van der Waals surface area contributed by atoms with Crippen LogP contribution >= 0.6 is 24.0 Å². The second kappa shape index (κ2) is 5.52. The van der Waals surface area contributed by atoms with Crippen LogP contribution in [0, 0.1) is 6.92 Å². The number of aliphatic imine (C=N–C) groups is 1. The third-order valence-electron chi connectivity index (χ3n) is 2.95. The molecule has 2 unspecified atom stereocenters. The molecular weight excluding hydrogens is 313 g/mol. The molecule has 1 fully saturated rings. The molecule has 2 atom stereocenters. The molecule has 0 amide bonds. The van der Waals surface area contributed by atoms with Gasteiger partial charge in [0.1, 0.15) is 0 Å². The van der Waals surface area contributed by atoms with Gasteiger partial charge in [-0.05, 0) is 24.5 Å². The Labute approximate surface area is 114 Å². The first-order valence-corrected chi connectivity index (χ1v) is 5.26. The summed E-state index contributed by atoms with van der Waals surface area (Å²) in [6, 6.07) is 8.98. The molecule has 4 heteroatoms. The van der Waals surface area contributed by atoms with E-state index in [0.29, 0.717) is 17.9 Å². The Morgan fingerprint density at radius 1 is 1.44 bits per heavy atom. The summed E-state index contributed by atoms with van der Waals surface area (Å²) in [5.74, 6) is 1.14. The fourth-order valence-corrected chi connectivity index (χ4v) is 1.96. The van der Waals surface area contributed by atoms with Gasteiger partial charge >= 0.3 is 0 Å². The summed E-state index contributed by atoms with van der Waals surface area (Å²) in [6.45, 7) is 2.15. The van der Waals surface area contributed by atoms with E-state index >= 15 is 0 Å². The second-order valence-electron chi connectivity index (χ2n) is 4.06. The number of nitrogens with two attached hydrogens (primary N) is 1. The highest BCUT2D eigenvalue weighted by Gasteiger charge is 2.39. The molecule has 3 nitrogen and oxygen atoms in total. The minimum absolute atomic E-state index is 0. The maximum Gasteiger partial charge on any atom is 0.188 e. The number of halogens is 1. The van der Waals surface area contributed by atoms with Crippen LogP contribution in [0.15, 0.2) is 29.3 Å². The monoisotopic (exact) mass is 331 g/mol. The zero-order chi connectivity index (χ0) is 10.8. The number of aryl methyl sites for hydroxylation is 1. The molecule has 88 valence electrons. The largest absolute Gasteiger partial charge is 0.370 e. The topological polar surface area (TPSA) is 50.4 Å². The number of nitrogens with zero attached hydrogens (tertiary/aromatic N) is 1. The van der Waals surface area contributed by atoms with Crippen LogP contribution in [0.5, 0.6) is 0 Å². The molecular formula is C12H18IN3. The van der Waals surface area contributed by atoms with E-state index in [2.05, 4.69) is 41.5 Å². The van der Waals surface area contributed by atoms with Gasteiger partial charge in [-0.1, -0.05) is 24.3 Å². The van der Waals surface area contributed by atoms with Crippen molar-refractivity contribution < 1.29 is 0 Å². The van der Waals surface area contributed by atoms with Crippen molar-refractivity contribution in [2.24, 2.45) is 10.7 Å². The predicted octanol–water partition coefficient (Wildman–Crippen LogP) is 2.00. The summed E-state index contributed by atoms with van der Waals surface area (Å²) in [7, 11) is 1.70. The van der Waals surface area contributed by atoms with Gasteiger partial charge in [0, 0.05) is 19.0 Å². The maximum absolute atomic E-state index is 5.63. The highest BCUT2D eigenvalue weighted by Crippen LogP contribution is 2.41. The van der Waals surface area contributed by atoms with E-state index in [1.165, 1.54) is 11.1 Å². The first kappa shape index (κ1) is 13.3. The van der Waals surface area contributed by atoms with Crippen LogP contribution in [0.1, 0.15) is 23.5 Å². The Balaban J connectivity index is 0.00000128. The summed E-state index contributed by atoms with van der Waals surface area (Å²) in [6.07, 6.45) is 1.15. The van der Waals surface area contributed by atoms with Crippen LogP contribution in [0.4, 0.5) is 0 Å². The lowest BCUT2D eigenvalue weighted by atomic mass is 10.0. The van der Waals surface area contributed by atoms with Crippen molar-refractivity contribution in [1.82, 2.24) is 5.32 Å². The van der Waals surface area contributed by atoms with E-state index < -0.39 is 0 Å². The standard InChI is InChI=1S/C12H17N3.HI/c1-8-5-3-4-6-9(8)10-7-11(10)15-12(13)14-2;/h3-6,10-11H,7H2,1-2H3,(H3,13,14,15);1H. The van der Waals surface area contributed by atoms with E-state index in [4.69, 9.17) is 5.73 Å². The van der Waals surface area contributed by atoms with E-state index in [1.807, 2.05) is 0 Å².